The van der Waals surface area contributed by atoms with Gasteiger partial charge >= 0.3 is 11.9 Å². The van der Waals surface area contributed by atoms with E-state index in [1.807, 2.05) is 0 Å². The number of hydrogen-bond donors (Lipinski definition) is 10. The van der Waals surface area contributed by atoms with Crippen LogP contribution in [0.3, 0.4) is 0 Å². The van der Waals surface area contributed by atoms with Gasteiger partial charge in [-0.1, -0.05) is 13.8 Å². The third-order valence-electron chi connectivity index (χ3n) is 5.92. The molecule has 1 aliphatic rings. The number of carboxylic acid groups (broad SMARTS) is 2. The summed E-state index contributed by atoms with van der Waals surface area (Å²) in [5.41, 5.74) is 0. The Bertz CT molecular complexity index is 1040. The maximum Gasteiger partial charge on any atom is 0.305 e. The van der Waals surface area contributed by atoms with E-state index in [1.165, 1.54) is 6.92 Å². The first kappa shape index (κ1) is 35.5. The second-order valence-corrected chi connectivity index (χ2v) is 10.3. The van der Waals surface area contributed by atoms with Crippen molar-refractivity contribution in [1.82, 2.24) is 31.9 Å². The number of amides is 6. The number of rotatable bonds is 8. The minimum absolute atomic E-state index is 0.226. The molecule has 6 atom stereocenters. The standard InChI is InChI=1S/C23H36N6O10S2/c1-9(2)17-23(39)26-12(6-16(32)33)20(36)24-10(3)18(34)25-11(4-5-15(30)31)19(35)27-13(7-40)21(37)28-14(8-41)22(38)29-17/h9-14,17,40-41H,4-8H2,1-3H3,(H,24,36)(H,25,34)(H,26,39)(H,27,35)(H,28,37)(H,29,38)(H,30,31)(H,32,33)/t10-,11-,12-,13-,14-,17-/m0/s1. The summed E-state index contributed by atoms with van der Waals surface area (Å²) in [4.78, 5) is 100. The van der Waals surface area contributed by atoms with Crippen molar-refractivity contribution in [2.75, 3.05) is 11.5 Å². The molecule has 16 nitrogen and oxygen atoms in total. The van der Waals surface area contributed by atoms with Gasteiger partial charge < -0.3 is 42.1 Å². The van der Waals surface area contributed by atoms with Gasteiger partial charge in [-0.25, -0.2) is 0 Å². The van der Waals surface area contributed by atoms with Crippen LogP contribution in [-0.2, 0) is 38.4 Å². The molecule has 0 unspecified atom stereocenters. The van der Waals surface area contributed by atoms with E-state index in [2.05, 4.69) is 57.2 Å². The van der Waals surface area contributed by atoms with Crippen LogP contribution in [-0.4, -0.2) is 105 Å². The van der Waals surface area contributed by atoms with E-state index >= 15 is 0 Å². The number of nitrogens with one attached hydrogen (secondary N) is 6. The Kier molecular flexibility index (Phi) is 14.4. The van der Waals surface area contributed by atoms with Crippen LogP contribution in [0.1, 0.15) is 40.0 Å². The van der Waals surface area contributed by atoms with E-state index in [9.17, 15) is 43.5 Å². The van der Waals surface area contributed by atoms with Gasteiger partial charge in [-0.15, -0.1) is 0 Å². The molecule has 8 N–H and O–H groups in total. The molecule has 18 heteroatoms. The predicted octanol–water partition coefficient (Wildman–Crippen LogP) is -3.22. The molecule has 0 aliphatic carbocycles. The van der Waals surface area contributed by atoms with E-state index < -0.39 is 102 Å². The maximum atomic E-state index is 13.1. The van der Waals surface area contributed by atoms with Gasteiger partial charge in [0.05, 0.1) is 6.42 Å². The first-order chi connectivity index (χ1) is 19.1. The second kappa shape index (κ2) is 16.7. The molecule has 230 valence electrons. The summed E-state index contributed by atoms with van der Waals surface area (Å²) in [7, 11) is 0. The molecule has 0 radical (unpaired) electrons. The van der Waals surface area contributed by atoms with Gasteiger partial charge in [0, 0.05) is 17.9 Å². The molecule has 1 heterocycles. The minimum Gasteiger partial charge on any atom is -0.481 e. The van der Waals surface area contributed by atoms with Crippen molar-refractivity contribution < 1.29 is 48.6 Å². The summed E-state index contributed by atoms with van der Waals surface area (Å²) in [6.45, 7) is 4.38. The Hall–Kier alpha value is -3.54. The van der Waals surface area contributed by atoms with Gasteiger partial charge in [0.2, 0.25) is 35.4 Å². The van der Waals surface area contributed by atoms with Crippen LogP contribution in [0.2, 0.25) is 0 Å². The first-order valence-electron chi connectivity index (χ1n) is 12.6. The summed E-state index contributed by atoms with van der Waals surface area (Å²) >= 11 is 8.13. The molecular weight excluding hydrogens is 584 g/mol. The maximum absolute atomic E-state index is 13.1. The summed E-state index contributed by atoms with van der Waals surface area (Å²) < 4.78 is 0. The Morgan fingerprint density at radius 2 is 1.10 bits per heavy atom. The lowest BCUT2D eigenvalue weighted by molar-refractivity contribution is -0.142. The zero-order chi connectivity index (χ0) is 31.4. The molecule has 0 aromatic heterocycles. The summed E-state index contributed by atoms with van der Waals surface area (Å²) in [5, 5.41) is 32.4. The van der Waals surface area contributed by atoms with Crippen molar-refractivity contribution >= 4 is 72.6 Å². The lowest BCUT2D eigenvalue weighted by Gasteiger charge is -2.28. The molecule has 0 saturated carbocycles. The summed E-state index contributed by atoms with van der Waals surface area (Å²) in [6, 6.07) is -8.36. The number of carbonyl (C=O) groups excluding carboxylic acids is 6. The van der Waals surface area contributed by atoms with Crippen LogP contribution in [0, 0.1) is 5.92 Å². The van der Waals surface area contributed by atoms with Crippen LogP contribution in [0.15, 0.2) is 0 Å². The normalized spacial score (nSPS) is 27.3. The van der Waals surface area contributed by atoms with Crippen LogP contribution in [0.4, 0.5) is 0 Å². The lowest BCUT2D eigenvalue weighted by atomic mass is 10.0. The van der Waals surface area contributed by atoms with Crippen LogP contribution in [0.5, 0.6) is 0 Å². The Balaban J connectivity index is 3.49. The van der Waals surface area contributed by atoms with Gasteiger partial charge in [0.25, 0.3) is 0 Å². The molecule has 0 aromatic carbocycles. The van der Waals surface area contributed by atoms with E-state index in [0.29, 0.717) is 0 Å². The molecule has 0 bridgehead atoms. The van der Waals surface area contributed by atoms with Gasteiger partial charge in [-0.2, -0.15) is 25.3 Å². The number of carboxylic acids is 2. The molecule has 1 fully saturated rings. The third kappa shape index (κ3) is 11.5. The zero-order valence-electron chi connectivity index (χ0n) is 22.6. The number of hydrogen-bond acceptors (Lipinski definition) is 10. The van der Waals surface area contributed by atoms with Gasteiger partial charge in [-0.05, 0) is 19.3 Å². The van der Waals surface area contributed by atoms with Crippen LogP contribution < -0.4 is 31.9 Å². The fraction of sp³-hybridized carbons (Fsp3) is 0.652. The van der Waals surface area contributed by atoms with Crippen molar-refractivity contribution in [2.24, 2.45) is 5.92 Å². The first-order valence-corrected chi connectivity index (χ1v) is 13.8. The van der Waals surface area contributed by atoms with Crippen LogP contribution in [0.25, 0.3) is 0 Å². The van der Waals surface area contributed by atoms with Crippen molar-refractivity contribution in [3.8, 4) is 0 Å². The number of aliphatic carboxylic acids is 2. The highest BCUT2D eigenvalue weighted by molar-refractivity contribution is 7.80. The van der Waals surface area contributed by atoms with Crippen molar-refractivity contribution in [1.29, 1.82) is 0 Å². The van der Waals surface area contributed by atoms with E-state index in [4.69, 9.17) is 5.11 Å². The average molecular weight is 621 g/mol. The summed E-state index contributed by atoms with van der Waals surface area (Å²) in [5.74, 6) is -9.22. The Morgan fingerprint density at radius 3 is 1.56 bits per heavy atom. The van der Waals surface area contributed by atoms with Crippen molar-refractivity contribution in [3.63, 3.8) is 0 Å². The average Bonchev–Trinajstić information content (AvgIpc) is 2.88. The van der Waals surface area contributed by atoms with E-state index in [0.717, 1.165) is 0 Å². The molecule has 1 aliphatic heterocycles. The van der Waals surface area contributed by atoms with Gasteiger partial charge in [0.1, 0.15) is 36.3 Å². The smallest absolute Gasteiger partial charge is 0.305 e. The monoisotopic (exact) mass is 620 g/mol. The molecule has 0 aromatic rings. The van der Waals surface area contributed by atoms with E-state index in [-0.39, 0.29) is 17.9 Å². The fourth-order valence-corrected chi connectivity index (χ4v) is 4.09. The molecule has 0 spiro atoms. The zero-order valence-corrected chi connectivity index (χ0v) is 24.4. The second-order valence-electron chi connectivity index (χ2n) is 9.60. The fourth-order valence-electron chi connectivity index (χ4n) is 3.58. The highest BCUT2D eigenvalue weighted by atomic mass is 32.1. The quantitative estimate of drug-likeness (QED) is 0.122. The lowest BCUT2D eigenvalue weighted by Crippen LogP contribution is -2.62. The number of carbonyl (C=O) groups is 8. The third-order valence-corrected chi connectivity index (χ3v) is 6.65. The van der Waals surface area contributed by atoms with E-state index in [1.54, 1.807) is 13.8 Å². The van der Waals surface area contributed by atoms with Gasteiger partial charge in [0.15, 0.2) is 0 Å². The Labute approximate surface area is 246 Å². The molecule has 41 heavy (non-hydrogen) atoms. The topological polar surface area (TPSA) is 249 Å². The van der Waals surface area contributed by atoms with Crippen molar-refractivity contribution in [3.05, 3.63) is 0 Å². The molecule has 6 amide bonds. The predicted molar refractivity (Wildman–Crippen MR) is 149 cm³/mol. The van der Waals surface area contributed by atoms with Gasteiger partial charge in [-0.3, -0.25) is 38.4 Å². The molecule has 1 rings (SSSR count). The highest BCUT2D eigenvalue weighted by Crippen LogP contribution is 2.07. The Morgan fingerprint density at radius 1 is 0.659 bits per heavy atom. The SMILES string of the molecule is CC(C)[C@@H]1NC(=O)[C@H](CS)NC(=O)[C@H](CS)NC(=O)[C@H](CCC(=O)O)NC(=O)[C@H](C)NC(=O)[C@H](CC(=O)O)NC1=O. The highest BCUT2D eigenvalue weighted by Gasteiger charge is 2.35. The minimum atomic E-state index is -1.66. The summed E-state index contributed by atoms with van der Waals surface area (Å²) in [6.07, 6.45) is -1.79. The molecular formula is C23H36N6O10S2. The molecule has 1 saturated heterocycles. The van der Waals surface area contributed by atoms with Crippen LogP contribution >= 0.6 is 25.3 Å². The number of thiol groups is 2. The van der Waals surface area contributed by atoms with Crippen molar-refractivity contribution in [2.45, 2.75) is 76.3 Å². The largest absolute Gasteiger partial charge is 0.481 e.